The first-order valence-electron chi connectivity index (χ1n) is 8.85. The predicted molar refractivity (Wildman–Crippen MR) is 109 cm³/mol. The number of aliphatic hydroxyl groups is 1. The van der Waals surface area contributed by atoms with Crippen LogP contribution in [0.3, 0.4) is 0 Å². The normalized spacial score (nSPS) is 10.9. The third kappa shape index (κ3) is 3.88. The summed E-state index contributed by atoms with van der Waals surface area (Å²) >= 11 is 1.69. The Balaban J connectivity index is 1.61. The van der Waals surface area contributed by atoms with Gasteiger partial charge in [0.25, 0.3) is 5.91 Å². The van der Waals surface area contributed by atoms with Crippen molar-refractivity contribution in [1.82, 2.24) is 19.9 Å². The van der Waals surface area contributed by atoms with Crippen LogP contribution in [0.25, 0.3) is 16.9 Å². The Morgan fingerprint density at radius 3 is 2.93 bits per heavy atom. The van der Waals surface area contributed by atoms with E-state index in [4.69, 9.17) is 5.11 Å². The fraction of sp³-hybridized carbons (Fsp3) is 0.150. The molecule has 0 saturated heterocycles. The van der Waals surface area contributed by atoms with Crippen LogP contribution in [0.15, 0.2) is 60.1 Å². The van der Waals surface area contributed by atoms with Crippen molar-refractivity contribution in [3.8, 4) is 11.3 Å². The van der Waals surface area contributed by atoms with E-state index in [1.54, 1.807) is 34.2 Å². The van der Waals surface area contributed by atoms with Gasteiger partial charge in [-0.15, -0.1) is 16.4 Å². The Morgan fingerprint density at radius 2 is 2.11 bits per heavy atom. The fourth-order valence-corrected chi connectivity index (χ4v) is 3.49. The molecule has 1 aromatic carbocycles. The van der Waals surface area contributed by atoms with E-state index in [2.05, 4.69) is 26.8 Å². The molecular formula is C20H19N5O2S. The molecule has 3 aromatic heterocycles. The van der Waals surface area contributed by atoms with Gasteiger partial charge in [0.2, 0.25) is 0 Å². The number of hydrogen-bond acceptors (Lipinski definition) is 6. The number of imidazole rings is 1. The molecule has 0 aliphatic heterocycles. The summed E-state index contributed by atoms with van der Waals surface area (Å²) in [4.78, 5) is 17.8. The molecule has 0 aliphatic carbocycles. The van der Waals surface area contributed by atoms with Gasteiger partial charge >= 0.3 is 0 Å². The van der Waals surface area contributed by atoms with Gasteiger partial charge in [-0.25, -0.2) is 9.50 Å². The number of aromatic nitrogens is 3. The van der Waals surface area contributed by atoms with E-state index >= 15 is 0 Å². The average molecular weight is 393 g/mol. The Labute approximate surface area is 165 Å². The summed E-state index contributed by atoms with van der Waals surface area (Å²) in [6.07, 6.45) is 1.75. The highest BCUT2D eigenvalue weighted by Gasteiger charge is 2.11. The van der Waals surface area contributed by atoms with Crippen LogP contribution in [0.2, 0.25) is 0 Å². The first-order valence-corrected chi connectivity index (χ1v) is 9.73. The van der Waals surface area contributed by atoms with Crippen molar-refractivity contribution in [2.24, 2.45) is 0 Å². The number of nitrogens with zero attached hydrogens (tertiary/aromatic N) is 3. The summed E-state index contributed by atoms with van der Waals surface area (Å²) in [6.45, 7) is 0.837. The molecule has 0 bridgehead atoms. The molecule has 7 nitrogen and oxygen atoms in total. The molecule has 0 atom stereocenters. The van der Waals surface area contributed by atoms with Crippen molar-refractivity contribution < 1.29 is 9.90 Å². The second kappa shape index (κ2) is 8.20. The van der Waals surface area contributed by atoms with Gasteiger partial charge in [-0.2, -0.15) is 0 Å². The minimum absolute atomic E-state index is 0.0934. The molecule has 142 valence electrons. The smallest absolute Gasteiger partial charge is 0.251 e. The van der Waals surface area contributed by atoms with Crippen LogP contribution >= 0.6 is 11.3 Å². The van der Waals surface area contributed by atoms with Crippen molar-refractivity contribution >= 4 is 28.7 Å². The van der Waals surface area contributed by atoms with E-state index in [0.717, 1.165) is 22.7 Å². The van der Waals surface area contributed by atoms with E-state index in [-0.39, 0.29) is 19.1 Å². The Kier molecular flexibility index (Phi) is 5.31. The van der Waals surface area contributed by atoms with Gasteiger partial charge in [0.05, 0.1) is 25.0 Å². The third-order valence-electron chi connectivity index (χ3n) is 4.20. The highest BCUT2D eigenvalue weighted by atomic mass is 32.1. The van der Waals surface area contributed by atoms with E-state index < -0.39 is 0 Å². The zero-order valence-corrected chi connectivity index (χ0v) is 15.8. The van der Waals surface area contributed by atoms with Crippen molar-refractivity contribution in [2.45, 2.75) is 6.54 Å². The lowest BCUT2D eigenvalue weighted by Crippen LogP contribution is -2.26. The van der Waals surface area contributed by atoms with E-state index in [9.17, 15) is 4.79 Å². The van der Waals surface area contributed by atoms with E-state index in [1.165, 1.54) is 4.88 Å². The number of benzene rings is 1. The molecule has 8 heteroatoms. The van der Waals surface area contributed by atoms with Crippen molar-refractivity contribution in [3.63, 3.8) is 0 Å². The molecule has 0 unspecified atom stereocenters. The van der Waals surface area contributed by atoms with Gasteiger partial charge in [0, 0.05) is 22.5 Å². The number of anilines is 1. The first-order chi connectivity index (χ1) is 13.7. The molecule has 0 fully saturated rings. The zero-order chi connectivity index (χ0) is 19.3. The van der Waals surface area contributed by atoms with Crippen LogP contribution in [0.4, 0.5) is 5.82 Å². The molecule has 28 heavy (non-hydrogen) atoms. The maximum Gasteiger partial charge on any atom is 0.251 e. The van der Waals surface area contributed by atoms with Crippen LogP contribution < -0.4 is 10.6 Å². The molecular weight excluding hydrogens is 374 g/mol. The lowest BCUT2D eigenvalue weighted by Gasteiger charge is -2.08. The lowest BCUT2D eigenvalue weighted by molar-refractivity contribution is 0.0945. The molecule has 0 spiro atoms. The summed E-state index contributed by atoms with van der Waals surface area (Å²) in [6, 6.07) is 15.2. The topological polar surface area (TPSA) is 91.5 Å². The summed E-state index contributed by atoms with van der Waals surface area (Å²) < 4.78 is 1.77. The number of thiophene rings is 1. The molecule has 3 N–H and O–H groups in total. The number of carbonyl (C=O) groups is 1. The number of rotatable bonds is 7. The molecule has 4 rings (SSSR count). The number of nitrogens with one attached hydrogen (secondary N) is 2. The molecule has 0 aliphatic rings. The number of fused-ring (bicyclic) bond motifs is 1. The maximum absolute atomic E-state index is 12.2. The standard InChI is InChI=1S/C20H19N5O2S/c26-9-8-21-20(27)15-4-1-3-14(11-15)17-13-23-19-7-6-18(24-25(17)19)22-12-16-5-2-10-28-16/h1-7,10-11,13,26H,8-9,12H2,(H,21,27)(H,22,24). The number of carbonyl (C=O) groups excluding carboxylic acids is 1. The number of amides is 1. The highest BCUT2D eigenvalue weighted by Crippen LogP contribution is 2.22. The number of hydrogen-bond donors (Lipinski definition) is 3. The van der Waals surface area contributed by atoms with E-state index in [0.29, 0.717) is 12.1 Å². The van der Waals surface area contributed by atoms with Crippen molar-refractivity contribution in [3.05, 3.63) is 70.5 Å². The lowest BCUT2D eigenvalue weighted by atomic mass is 10.1. The summed E-state index contributed by atoms with van der Waals surface area (Å²) in [5, 5.41) is 21.6. The van der Waals surface area contributed by atoms with Crippen molar-refractivity contribution in [1.29, 1.82) is 0 Å². The molecule has 0 radical (unpaired) electrons. The number of aliphatic hydroxyl groups excluding tert-OH is 1. The molecule has 3 heterocycles. The zero-order valence-electron chi connectivity index (χ0n) is 15.0. The van der Waals surface area contributed by atoms with Crippen LogP contribution in [-0.2, 0) is 6.54 Å². The van der Waals surface area contributed by atoms with Crippen molar-refractivity contribution in [2.75, 3.05) is 18.5 Å². The third-order valence-corrected chi connectivity index (χ3v) is 5.08. The van der Waals surface area contributed by atoms with Gasteiger partial charge in [-0.05, 0) is 35.7 Å². The maximum atomic E-state index is 12.2. The molecule has 4 aromatic rings. The monoisotopic (exact) mass is 393 g/mol. The van der Waals surface area contributed by atoms with E-state index in [1.807, 2.05) is 35.7 Å². The first kappa shape index (κ1) is 18.1. The largest absolute Gasteiger partial charge is 0.395 e. The predicted octanol–water partition coefficient (Wildman–Crippen LogP) is 2.79. The fourth-order valence-electron chi connectivity index (χ4n) is 2.85. The molecule has 1 amide bonds. The summed E-state index contributed by atoms with van der Waals surface area (Å²) in [7, 11) is 0. The molecule has 0 saturated carbocycles. The second-order valence-electron chi connectivity index (χ2n) is 6.13. The Bertz CT molecular complexity index is 1090. The van der Waals surface area contributed by atoms with Gasteiger partial charge in [-0.3, -0.25) is 4.79 Å². The SMILES string of the molecule is O=C(NCCO)c1cccc(-c2cnc3ccc(NCc4cccs4)nn23)c1. The van der Waals surface area contributed by atoms with Crippen LogP contribution in [0.1, 0.15) is 15.2 Å². The Morgan fingerprint density at radius 1 is 1.18 bits per heavy atom. The van der Waals surface area contributed by atoms with Crippen LogP contribution in [-0.4, -0.2) is 38.8 Å². The quantitative estimate of drug-likeness (QED) is 0.449. The minimum Gasteiger partial charge on any atom is -0.395 e. The van der Waals surface area contributed by atoms with Gasteiger partial charge in [0.15, 0.2) is 5.65 Å². The summed E-state index contributed by atoms with van der Waals surface area (Å²) in [5.41, 5.74) is 2.89. The Hall–Kier alpha value is -3.23. The summed E-state index contributed by atoms with van der Waals surface area (Å²) in [5.74, 6) is 0.521. The van der Waals surface area contributed by atoms with Crippen LogP contribution in [0.5, 0.6) is 0 Å². The van der Waals surface area contributed by atoms with Crippen LogP contribution in [0, 0.1) is 0 Å². The second-order valence-corrected chi connectivity index (χ2v) is 7.16. The van der Waals surface area contributed by atoms with Gasteiger partial charge in [0.1, 0.15) is 5.82 Å². The average Bonchev–Trinajstić information content (AvgIpc) is 3.40. The van der Waals surface area contributed by atoms with Gasteiger partial charge in [-0.1, -0.05) is 18.2 Å². The highest BCUT2D eigenvalue weighted by molar-refractivity contribution is 7.09. The minimum atomic E-state index is -0.226. The van der Waals surface area contributed by atoms with Gasteiger partial charge < -0.3 is 15.7 Å².